The van der Waals surface area contributed by atoms with Crippen molar-refractivity contribution in [2.45, 2.75) is 78.6 Å². The number of hydrogen-bond donors (Lipinski definition) is 2. The molecule has 2 amide bonds. The molecule has 1 aliphatic carbocycles. The number of benzene rings is 1. The van der Waals surface area contributed by atoms with Crippen molar-refractivity contribution in [1.82, 2.24) is 5.32 Å². The Labute approximate surface area is 170 Å². The molecule has 2 rings (SSSR count). The number of carbonyl (C=O) groups excluding carboxylic acids is 2. The standard InChI is InChI=1S/C24H38N2O2/c1-4-6-8-9-10-11-17-25-23(27)19-13-15-20(16-14-19)26-24(28)22-18(3)21(22)12-7-5-2/h13-16,18,21-22H,4-12,17H2,1-3H3,(H,25,27)(H,26,28)/t18-,21-,22+/m0/s1. The Hall–Kier alpha value is -1.84. The lowest BCUT2D eigenvalue weighted by Crippen LogP contribution is -2.24. The van der Waals surface area contributed by atoms with Gasteiger partial charge in [-0.2, -0.15) is 0 Å². The van der Waals surface area contributed by atoms with Gasteiger partial charge >= 0.3 is 0 Å². The van der Waals surface area contributed by atoms with Crippen LogP contribution in [-0.2, 0) is 4.79 Å². The SMILES string of the molecule is CCCCCCCCNC(=O)c1ccc(NC(=O)[C@@H]2[C@@H](C)[C@@H]2CCCC)cc1. The van der Waals surface area contributed by atoms with Crippen LogP contribution >= 0.6 is 0 Å². The van der Waals surface area contributed by atoms with Crippen molar-refractivity contribution in [2.24, 2.45) is 17.8 Å². The van der Waals surface area contributed by atoms with E-state index in [4.69, 9.17) is 0 Å². The van der Waals surface area contributed by atoms with Crippen molar-refractivity contribution in [1.29, 1.82) is 0 Å². The first-order chi connectivity index (χ1) is 13.6. The number of anilines is 1. The maximum atomic E-state index is 12.5. The summed E-state index contributed by atoms with van der Waals surface area (Å²) in [6.45, 7) is 7.30. The van der Waals surface area contributed by atoms with Gasteiger partial charge < -0.3 is 10.6 Å². The van der Waals surface area contributed by atoms with Gasteiger partial charge in [-0.25, -0.2) is 0 Å². The van der Waals surface area contributed by atoms with E-state index in [1.807, 2.05) is 12.1 Å². The zero-order chi connectivity index (χ0) is 20.4. The average Bonchev–Trinajstić information content (AvgIpc) is 3.35. The molecule has 1 aromatic rings. The minimum Gasteiger partial charge on any atom is -0.352 e. The van der Waals surface area contributed by atoms with Gasteiger partial charge in [-0.1, -0.05) is 65.7 Å². The summed E-state index contributed by atoms with van der Waals surface area (Å²) >= 11 is 0. The zero-order valence-corrected chi connectivity index (χ0v) is 17.9. The van der Waals surface area contributed by atoms with Crippen LogP contribution in [0, 0.1) is 17.8 Å². The highest BCUT2D eigenvalue weighted by Crippen LogP contribution is 2.49. The van der Waals surface area contributed by atoms with Crippen LogP contribution in [-0.4, -0.2) is 18.4 Å². The van der Waals surface area contributed by atoms with Gasteiger partial charge in [0.25, 0.3) is 5.91 Å². The molecular weight excluding hydrogens is 348 g/mol. The molecule has 0 radical (unpaired) electrons. The maximum absolute atomic E-state index is 12.5. The van der Waals surface area contributed by atoms with Gasteiger partial charge in [-0.15, -0.1) is 0 Å². The van der Waals surface area contributed by atoms with Crippen LogP contribution in [0.25, 0.3) is 0 Å². The van der Waals surface area contributed by atoms with Crippen LogP contribution in [0.3, 0.4) is 0 Å². The lowest BCUT2D eigenvalue weighted by Gasteiger charge is -2.08. The first kappa shape index (κ1) is 22.4. The highest BCUT2D eigenvalue weighted by molar-refractivity contribution is 5.97. The molecule has 0 spiro atoms. The van der Waals surface area contributed by atoms with Crippen molar-refractivity contribution in [3.63, 3.8) is 0 Å². The second kappa shape index (κ2) is 11.9. The third kappa shape index (κ3) is 6.96. The normalized spacial score (nSPS) is 20.6. The number of rotatable bonds is 13. The summed E-state index contributed by atoms with van der Waals surface area (Å²) < 4.78 is 0. The van der Waals surface area contributed by atoms with Crippen LogP contribution in [0.4, 0.5) is 5.69 Å². The minimum absolute atomic E-state index is 0.0399. The Morgan fingerprint density at radius 1 is 0.893 bits per heavy atom. The van der Waals surface area contributed by atoms with E-state index < -0.39 is 0 Å². The molecule has 0 aliphatic heterocycles. The van der Waals surface area contributed by atoms with Crippen molar-refractivity contribution in [3.8, 4) is 0 Å². The van der Waals surface area contributed by atoms with Crippen LogP contribution in [0.15, 0.2) is 24.3 Å². The first-order valence-electron chi connectivity index (χ1n) is 11.3. The number of hydrogen-bond acceptors (Lipinski definition) is 2. The molecule has 2 N–H and O–H groups in total. The monoisotopic (exact) mass is 386 g/mol. The number of unbranched alkanes of at least 4 members (excludes halogenated alkanes) is 6. The van der Waals surface area contributed by atoms with Crippen molar-refractivity contribution >= 4 is 17.5 Å². The predicted molar refractivity (Wildman–Crippen MR) is 116 cm³/mol. The fraction of sp³-hybridized carbons (Fsp3) is 0.667. The molecule has 0 unspecified atom stereocenters. The van der Waals surface area contributed by atoms with E-state index in [-0.39, 0.29) is 17.7 Å². The Morgan fingerprint density at radius 3 is 2.21 bits per heavy atom. The summed E-state index contributed by atoms with van der Waals surface area (Å²) in [5.74, 6) is 1.24. The second-order valence-corrected chi connectivity index (χ2v) is 8.28. The van der Waals surface area contributed by atoms with Crippen molar-refractivity contribution in [2.75, 3.05) is 11.9 Å². The Balaban J connectivity index is 1.69. The molecular formula is C24H38N2O2. The smallest absolute Gasteiger partial charge is 0.251 e. The minimum atomic E-state index is -0.0399. The number of amides is 2. The first-order valence-corrected chi connectivity index (χ1v) is 11.3. The third-order valence-corrected chi connectivity index (χ3v) is 5.99. The van der Waals surface area contributed by atoms with Crippen molar-refractivity contribution in [3.05, 3.63) is 29.8 Å². The third-order valence-electron chi connectivity index (χ3n) is 5.99. The highest BCUT2D eigenvalue weighted by Gasteiger charge is 2.50. The van der Waals surface area contributed by atoms with E-state index in [2.05, 4.69) is 31.4 Å². The lowest BCUT2D eigenvalue weighted by molar-refractivity contribution is -0.117. The van der Waals surface area contributed by atoms with Gasteiger partial charge in [0, 0.05) is 23.7 Å². The maximum Gasteiger partial charge on any atom is 0.251 e. The van der Waals surface area contributed by atoms with Crippen LogP contribution in [0.5, 0.6) is 0 Å². The van der Waals surface area contributed by atoms with Crippen molar-refractivity contribution < 1.29 is 9.59 Å². The van der Waals surface area contributed by atoms with Crippen LogP contribution in [0.2, 0.25) is 0 Å². The molecule has 156 valence electrons. The van der Waals surface area contributed by atoms with Gasteiger partial charge in [0.2, 0.25) is 5.91 Å². The molecule has 0 heterocycles. The van der Waals surface area contributed by atoms with E-state index in [0.29, 0.717) is 17.4 Å². The van der Waals surface area contributed by atoms with Gasteiger partial charge in [-0.3, -0.25) is 9.59 Å². The van der Waals surface area contributed by atoms with E-state index in [9.17, 15) is 9.59 Å². The van der Waals surface area contributed by atoms with Crippen LogP contribution < -0.4 is 10.6 Å². The molecule has 1 aromatic carbocycles. The average molecular weight is 387 g/mol. The number of carbonyl (C=O) groups is 2. The van der Waals surface area contributed by atoms with E-state index in [1.54, 1.807) is 12.1 Å². The van der Waals surface area contributed by atoms with Crippen LogP contribution in [0.1, 0.15) is 88.9 Å². The highest BCUT2D eigenvalue weighted by atomic mass is 16.2. The van der Waals surface area contributed by atoms with Gasteiger partial charge in [0.1, 0.15) is 0 Å². The Morgan fingerprint density at radius 2 is 1.54 bits per heavy atom. The molecule has 0 aromatic heterocycles. The largest absolute Gasteiger partial charge is 0.352 e. The fourth-order valence-electron chi connectivity index (χ4n) is 4.00. The van der Waals surface area contributed by atoms with Gasteiger partial charge in [0.15, 0.2) is 0 Å². The summed E-state index contributed by atoms with van der Waals surface area (Å²) in [7, 11) is 0. The molecule has 4 nitrogen and oxygen atoms in total. The van der Waals surface area contributed by atoms with E-state index >= 15 is 0 Å². The summed E-state index contributed by atoms with van der Waals surface area (Å²) in [5.41, 5.74) is 1.41. The number of nitrogens with one attached hydrogen (secondary N) is 2. The quantitative estimate of drug-likeness (QED) is 0.422. The summed E-state index contributed by atoms with van der Waals surface area (Å²) in [4.78, 5) is 24.7. The molecule has 1 aliphatic rings. The van der Waals surface area contributed by atoms with E-state index in [1.165, 1.54) is 44.9 Å². The molecule has 0 bridgehead atoms. The lowest BCUT2D eigenvalue weighted by atomic mass is 10.1. The molecule has 1 fully saturated rings. The van der Waals surface area contributed by atoms with E-state index in [0.717, 1.165) is 25.1 Å². The summed E-state index contributed by atoms with van der Waals surface area (Å²) in [5, 5.41) is 6.00. The summed E-state index contributed by atoms with van der Waals surface area (Å²) in [6, 6.07) is 7.23. The molecule has 0 saturated heterocycles. The topological polar surface area (TPSA) is 58.2 Å². The Kier molecular flexibility index (Phi) is 9.52. The molecule has 28 heavy (non-hydrogen) atoms. The fourth-order valence-corrected chi connectivity index (χ4v) is 4.00. The second-order valence-electron chi connectivity index (χ2n) is 8.28. The predicted octanol–water partition coefficient (Wildman–Crippen LogP) is 5.79. The summed E-state index contributed by atoms with van der Waals surface area (Å²) in [6.07, 6.45) is 10.8. The van der Waals surface area contributed by atoms with Gasteiger partial charge in [-0.05, 0) is 48.9 Å². The molecule has 1 saturated carbocycles. The molecule has 3 atom stereocenters. The van der Waals surface area contributed by atoms with Gasteiger partial charge in [0.05, 0.1) is 0 Å². The molecule has 4 heteroatoms. The Bertz CT molecular complexity index is 612. The zero-order valence-electron chi connectivity index (χ0n) is 17.9.